The number of carbonyl (C=O) groups is 1. The molecule has 0 spiro atoms. The Morgan fingerprint density at radius 1 is 1.04 bits per heavy atom. The van der Waals surface area contributed by atoms with Gasteiger partial charge >= 0.3 is 0 Å². The van der Waals surface area contributed by atoms with Crippen LogP contribution in [-0.4, -0.2) is 37.0 Å². The molecule has 4 nitrogen and oxygen atoms in total. The van der Waals surface area contributed by atoms with E-state index in [1.165, 1.54) is 5.56 Å². The van der Waals surface area contributed by atoms with E-state index in [-0.39, 0.29) is 5.91 Å². The lowest BCUT2D eigenvalue weighted by Crippen LogP contribution is -2.29. The van der Waals surface area contributed by atoms with Crippen LogP contribution < -0.4 is 10.5 Å². The molecule has 2 aromatic rings. The van der Waals surface area contributed by atoms with E-state index >= 15 is 0 Å². The van der Waals surface area contributed by atoms with Crippen LogP contribution in [0.25, 0.3) is 0 Å². The minimum Gasteiger partial charge on any atom is -0.494 e. The fraction of sp³-hybridized carbons (Fsp3) is 0.381. The van der Waals surface area contributed by atoms with Crippen molar-refractivity contribution in [2.45, 2.75) is 18.8 Å². The molecule has 1 aliphatic rings. The molecule has 1 amide bonds. The molecule has 1 heterocycles. The summed E-state index contributed by atoms with van der Waals surface area (Å²) in [5, 5.41) is 0. The van der Waals surface area contributed by atoms with Gasteiger partial charge in [0.15, 0.2) is 0 Å². The highest BCUT2D eigenvalue weighted by Gasteiger charge is 2.34. The Kier molecular flexibility index (Phi) is 6.07. The van der Waals surface area contributed by atoms with Gasteiger partial charge in [-0.05, 0) is 36.6 Å². The third-order valence-electron chi connectivity index (χ3n) is 4.87. The number of carbonyl (C=O) groups excluding carboxylic acids is 1. The average Bonchev–Trinajstić information content (AvgIpc) is 3.11. The van der Waals surface area contributed by atoms with Crippen molar-refractivity contribution in [1.29, 1.82) is 0 Å². The maximum absolute atomic E-state index is 12.5. The molecule has 2 atom stereocenters. The van der Waals surface area contributed by atoms with Crippen LogP contribution in [0.3, 0.4) is 0 Å². The molecule has 1 saturated heterocycles. The van der Waals surface area contributed by atoms with Crippen molar-refractivity contribution in [3.8, 4) is 5.75 Å². The van der Waals surface area contributed by atoms with Gasteiger partial charge < -0.3 is 15.4 Å². The van der Waals surface area contributed by atoms with Gasteiger partial charge in [-0.3, -0.25) is 4.79 Å². The lowest BCUT2D eigenvalue weighted by molar-refractivity contribution is -0.130. The summed E-state index contributed by atoms with van der Waals surface area (Å²) in [5.41, 5.74) is 7.23. The number of benzene rings is 2. The minimum atomic E-state index is 0.202. The minimum absolute atomic E-state index is 0.202. The van der Waals surface area contributed by atoms with Gasteiger partial charge in [0.2, 0.25) is 5.91 Å². The number of amides is 1. The topological polar surface area (TPSA) is 55.6 Å². The predicted molar refractivity (Wildman–Crippen MR) is 99.5 cm³/mol. The molecule has 2 N–H and O–H groups in total. The maximum atomic E-state index is 12.5. The van der Waals surface area contributed by atoms with E-state index in [0.29, 0.717) is 31.4 Å². The zero-order valence-corrected chi connectivity index (χ0v) is 14.5. The van der Waals surface area contributed by atoms with Gasteiger partial charge in [0.25, 0.3) is 0 Å². The summed E-state index contributed by atoms with van der Waals surface area (Å²) in [6.07, 6.45) is 1.25. The summed E-state index contributed by atoms with van der Waals surface area (Å²) in [6.45, 7) is 2.70. The molecule has 132 valence electrons. The van der Waals surface area contributed by atoms with Crippen molar-refractivity contribution in [2.24, 2.45) is 11.7 Å². The summed E-state index contributed by atoms with van der Waals surface area (Å²) in [5.74, 6) is 1.74. The molecule has 1 aliphatic heterocycles. The van der Waals surface area contributed by atoms with Crippen LogP contribution in [0.5, 0.6) is 5.75 Å². The van der Waals surface area contributed by atoms with Gasteiger partial charge in [-0.1, -0.05) is 48.5 Å². The van der Waals surface area contributed by atoms with E-state index in [9.17, 15) is 4.79 Å². The molecule has 1 fully saturated rings. The Bertz CT molecular complexity index is 660. The zero-order valence-electron chi connectivity index (χ0n) is 14.5. The smallest absolute Gasteiger partial charge is 0.222 e. The van der Waals surface area contributed by atoms with E-state index in [1.807, 2.05) is 53.4 Å². The van der Waals surface area contributed by atoms with Gasteiger partial charge in [0.1, 0.15) is 5.75 Å². The molecule has 0 aliphatic carbocycles. The normalized spacial score (nSPS) is 19.8. The zero-order chi connectivity index (χ0) is 17.5. The fourth-order valence-corrected chi connectivity index (χ4v) is 3.48. The highest BCUT2D eigenvalue weighted by atomic mass is 16.5. The van der Waals surface area contributed by atoms with Crippen molar-refractivity contribution in [3.05, 3.63) is 66.2 Å². The van der Waals surface area contributed by atoms with Gasteiger partial charge in [0.05, 0.1) is 6.61 Å². The third-order valence-corrected chi connectivity index (χ3v) is 4.87. The van der Waals surface area contributed by atoms with E-state index in [2.05, 4.69) is 12.1 Å². The number of para-hydroxylation sites is 1. The highest BCUT2D eigenvalue weighted by Crippen LogP contribution is 2.32. The number of likely N-dealkylation sites (tertiary alicyclic amines) is 1. The number of nitrogens with zero attached hydrogens (tertiary/aromatic N) is 1. The molecule has 0 saturated carbocycles. The van der Waals surface area contributed by atoms with Crippen LogP contribution in [0.1, 0.15) is 24.3 Å². The molecule has 2 aromatic carbocycles. The quantitative estimate of drug-likeness (QED) is 0.790. The van der Waals surface area contributed by atoms with E-state index in [0.717, 1.165) is 25.3 Å². The number of rotatable bonds is 7. The number of hydrogen-bond donors (Lipinski definition) is 1. The molecular formula is C21H26N2O2. The Labute approximate surface area is 149 Å². The van der Waals surface area contributed by atoms with Gasteiger partial charge in [-0.15, -0.1) is 0 Å². The van der Waals surface area contributed by atoms with Crippen molar-refractivity contribution in [2.75, 3.05) is 26.2 Å². The second kappa shape index (κ2) is 8.67. The number of nitrogens with two attached hydrogens (primary N) is 1. The molecule has 3 rings (SSSR count). The van der Waals surface area contributed by atoms with Crippen LogP contribution in [0.2, 0.25) is 0 Å². The first-order valence-corrected chi connectivity index (χ1v) is 8.98. The average molecular weight is 338 g/mol. The molecule has 0 radical (unpaired) electrons. The van der Waals surface area contributed by atoms with Crippen molar-refractivity contribution < 1.29 is 9.53 Å². The van der Waals surface area contributed by atoms with Crippen LogP contribution in [0, 0.1) is 5.92 Å². The summed E-state index contributed by atoms with van der Waals surface area (Å²) in [4.78, 5) is 14.5. The largest absolute Gasteiger partial charge is 0.494 e. The Morgan fingerprint density at radius 3 is 2.40 bits per heavy atom. The summed E-state index contributed by atoms with van der Waals surface area (Å²) in [6, 6.07) is 20.1. The maximum Gasteiger partial charge on any atom is 0.222 e. The van der Waals surface area contributed by atoms with Gasteiger partial charge in [-0.25, -0.2) is 0 Å². The lowest BCUT2D eigenvalue weighted by Gasteiger charge is -2.17. The van der Waals surface area contributed by atoms with Crippen LogP contribution in [0.4, 0.5) is 0 Å². The first-order valence-electron chi connectivity index (χ1n) is 8.98. The molecule has 25 heavy (non-hydrogen) atoms. The van der Waals surface area contributed by atoms with Crippen LogP contribution in [0.15, 0.2) is 60.7 Å². The summed E-state index contributed by atoms with van der Waals surface area (Å²) >= 11 is 0. The number of hydrogen-bond acceptors (Lipinski definition) is 3. The number of ether oxygens (including phenoxy) is 1. The molecule has 0 unspecified atom stereocenters. The Hall–Kier alpha value is -2.33. The van der Waals surface area contributed by atoms with E-state index < -0.39 is 0 Å². The molecule has 0 bridgehead atoms. The van der Waals surface area contributed by atoms with Crippen molar-refractivity contribution in [1.82, 2.24) is 4.90 Å². The Balaban J connectivity index is 1.48. The fourth-order valence-electron chi connectivity index (χ4n) is 3.48. The van der Waals surface area contributed by atoms with Crippen LogP contribution >= 0.6 is 0 Å². The SMILES string of the molecule is NC[C@@H]1CN(C(=O)CCCOc2ccccc2)C[C@H]1c1ccccc1. The van der Waals surface area contributed by atoms with Gasteiger partial charge in [0, 0.05) is 25.4 Å². The van der Waals surface area contributed by atoms with Crippen molar-refractivity contribution >= 4 is 5.91 Å². The van der Waals surface area contributed by atoms with E-state index in [1.54, 1.807) is 0 Å². The first-order chi connectivity index (χ1) is 12.3. The van der Waals surface area contributed by atoms with Crippen LogP contribution in [-0.2, 0) is 4.79 Å². The van der Waals surface area contributed by atoms with E-state index in [4.69, 9.17) is 10.5 Å². The molecular weight excluding hydrogens is 312 g/mol. The highest BCUT2D eigenvalue weighted by molar-refractivity contribution is 5.76. The Morgan fingerprint density at radius 2 is 1.72 bits per heavy atom. The standard InChI is InChI=1S/C21H26N2O2/c22-14-18-15-23(16-20(18)17-8-3-1-4-9-17)21(24)12-7-13-25-19-10-5-2-6-11-19/h1-6,8-11,18,20H,7,12-16,22H2/t18-,20+/m1/s1. The predicted octanol–water partition coefficient (Wildman–Crippen LogP) is 3.05. The molecule has 4 heteroatoms. The monoisotopic (exact) mass is 338 g/mol. The molecule has 0 aromatic heterocycles. The van der Waals surface area contributed by atoms with Crippen molar-refractivity contribution in [3.63, 3.8) is 0 Å². The van der Waals surface area contributed by atoms with Gasteiger partial charge in [-0.2, -0.15) is 0 Å². The summed E-state index contributed by atoms with van der Waals surface area (Å²) < 4.78 is 5.66. The second-order valence-corrected chi connectivity index (χ2v) is 6.58. The summed E-state index contributed by atoms with van der Waals surface area (Å²) in [7, 11) is 0. The first kappa shape index (κ1) is 17.5. The lowest BCUT2D eigenvalue weighted by atomic mass is 9.89. The second-order valence-electron chi connectivity index (χ2n) is 6.58. The third kappa shape index (κ3) is 4.60.